The van der Waals surface area contributed by atoms with Crippen LogP contribution in [-0.4, -0.2) is 6.21 Å². The lowest BCUT2D eigenvalue weighted by atomic mass is 10.3. The minimum atomic E-state index is 0.662. The van der Waals surface area contributed by atoms with Crippen LogP contribution in [0.4, 0.5) is 0 Å². The Kier molecular flexibility index (Phi) is 0.487. The first-order valence-electron chi connectivity index (χ1n) is 1.57. The molecule has 0 saturated heterocycles. The van der Waals surface area contributed by atoms with E-state index >= 15 is 0 Å². The second-order valence-electron chi connectivity index (χ2n) is 0.974. The molecule has 28 valence electrons. The first-order valence-corrected chi connectivity index (χ1v) is 1.57. The predicted octanol–water partition coefficient (Wildman–Crippen LogP) is 0.478. The first kappa shape index (κ1) is 3.10. The summed E-state index contributed by atoms with van der Waals surface area (Å²) in [6, 6.07) is 1.91. The van der Waals surface area contributed by atoms with E-state index in [-0.39, 0.29) is 0 Å². The number of hydrogen-bond acceptors (Lipinski definition) is 2. The van der Waals surface area contributed by atoms with Crippen molar-refractivity contribution in [1.82, 2.24) is 0 Å². The van der Waals surface area contributed by atoms with Crippen molar-refractivity contribution in [3.05, 3.63) is 11.8 Å². The second kappa shape index (κ2) is 0.942. The van der Waals surface area contributed by atoms with Gasteiger partial charge in [0.1, 0.15) is 6.07 Å². The molecule has 6 heavy (non-hydrogen) atoms. The molecule has 0 radical (unpaired) electrons. The van der Waals surface area contributed by atoms with Crippen LogP contribution in [0.25, 0.3) is 0 Å². The van der Waals surface area contributed by atoms with Crippen LogP contribution in [-0.2, 0) is 0 Å². The Bertz CT molecular complexity index is 147. The third kappa shape index (κ3) is 0.220. The Labute approximate surface area is 35.4 Å². The van der Waals surface area contributed by atoms with Gasteiger partial charge in [0.15, 0.2) is 0 Å². The third-order valence-corrected chi connectivity index (χ3v) is 0.556. The smallest absolute Gasteiger partial charge is 0.102 e. The van der Waals surface area contributed by atoms with Crippen LogP contribution in [0.1, 0.15) is 0 Å². The fourth-order valence-corrected chi connectivity index (χ4v) is 0.207. The maximum absolute atomic E-state index is 7.98. The van der Waals surface area contributed by atoms with Crippen molar-refractivity contribution in [2.75, 3.05) is 0 Å². The molecule has 0 amide bonds. The van der Waals surface area contributed by atoms with Crippen LogP contribution in [0.5, 0.6) is 0 Å². The summed E-state index contributed by atoms with van der Waals surface area (Å²) >= 11 is 0. The Morgan fingerprint density at radius 1 is 1.83 bits per heavy atom. The van der Waals surface area contributed by atoms with Crippen molar-refractivity contribution in [2.45, 2.75) is 0 Å². The summed E-state index contributed by atoms with van der Waals surface area (Å²) in [5.74, 6) is 0. The molecule has 1 rings (SSSR count). The fraction of sp³-hybridized carbons (Fsp3) is 0. The Morgan fingerprint density at radius 3 is 2.50 bits per heavy atom. The lowest BCUT2D eigenvalue weighted by Gasteiger charge is -1.88. The topological polar surface area (TPSA) is 36.1 Å². The number of aliphatic imine (C=N–C) groups is 1. The van der Waals surface area contributed by atoms with Crippen LogP contribution >= 0.6 is 0 Å². The van der Waals surface area contributed by atoms with E-state index in [2.05, 4.69) is 4.99 Å². The van der Waals surface area contributed by atoms with Crippen LogP contribution in [0, 0.1) is 11.3 Å². The summed E-state index contributed by atoms with van der Waals surface area (Å²) in [4.78, 5) is 3.56. The lowest BCUT2D eigenvalue weighted by Crippen LogP contribution is -1.85. The molecule has 0 aromatic carbocycles. The quantitative estimate of drug-likeness (QED) is 0.415. The zero-order chi connectivity index (χ0) is 4.41. The van der Waals surface area contributed by atoms with Gasteiger partial charge in [0, 0.05) is 12.4 Å². The third-order valence-electron chi connectivity index (χ3n) is 0.556. The molecule has 0 atom stereocenters. The van der Waals surface area contributed by atoms with Gasteiger partial charge < -0.3 is 0 Å². The number of nitrogens with zero attached hydrogens (tertiary/aromatic N) is 2. The molecule has 0 aliphatic carbocycles. The van der Waals surface area contributed by atoms with Crippen molar-refractivity contribution < 1.29 is 0 Å². The predicted molar refractivity (Wildman–Crippen MR) is 22.2 cm³/mol. The highest BCUT2D eigenvalue weighted by Crippen LogP contribution is 1.96. The van der Waals surface area contributed by atoms with Crippen LogP contribution in [0.3, 0.4) is 0 Å². The van der Waals surface area contributed by atoms with Gasteiger partial charge in [-0.15, -0.1) is 0 Å². The van der Waals surface area contributed by atoms with Crippen molar-refractivity contribution in [1.29, 1.82) is 5.26 Å². The number of allylic oxidation sites excluding steroid dienone is 1. The molecule has 2 nitrogen and oxygen atoms in total. The summed E-state index contributed by atoms with van der Waals surface area (Å²) < 4.78 is 0. The molecule has 1 heterocycles. The Morgan fingerprint density at radius 2 is 2.50 bits per heavy atom. The van der Waals surface area contributed by atoms with Crippen LogP contribution < -0.4 is 0 Å². The molecular formula is C4H2N2. The highest BCUT2D eigenvalue weighted by atomic mass is 14.7. The van der Waals surface area contributed by atoms with Gasteiger partial charge in [0.05, 0.1) is 5.57 Å². The number of rotatable bonds is 0. The highest BCUT2D eigenvalue weighted by molar-refractivity contribution is 5.88. The molecule has 1 aliphatic rings. The van der Waals surface area contributed by atoms with Gasteiger partial charge in [-0.05, 0) is 0 Å². The first-order chi connectivity index (χ1) is 2.93. The monoisotopic (exact) mass is 78.0 g/mol. The standard InChI is InChI=1S/C4H2N2/c5-1-4-2-6-3-4/h2-3H. The molecule has 1 aliphatic heterocycles. The van der Waals surface area contributed by atoms with Crippen molar-refractivity contribution >= 4 is 6.21 Å². The minimum absolute atomic E-state index is 0.662. The normalized spacial score (nSPS) is 14.8. The molecule has 0 aromatic rings. The second-order valence-corrected chi connectivity index (χ2v) is 0.974. The van der Waals surface area contributed by atoms with E-state index < -0.39 is 0 Å². The maximum atomic E-state index is 7.98. The van der Waals surface area contributed by atoms with E-state index in [1.54, 1.807) is 0 Å². The Hall–Kier alpha value is -1.10. The zero-order valence-corrected chi connectivity index (χ0v) is 3.05. The van der Waals surface area contributed by atoms with E-state index in [0.717, 1.165) is 0 Å². The Balaban J connectivity index is 2.65. The van der Waals surface area contributed by atoms with Crippen molar-refractivity contribution in [3.8, 4) is 6.07 Å². The zero-order valence-electron chi connectivity index (χ0n) is 3.05. The molecule has 0 aromatic heterocycles. The van der Waals surface area contributed by atoms with E-state index in [1.165, 1.54) is 12.4 Å². The number of nitriles is 1. The minimum Gasteiger partial charge on any atom is -0.262 e. The average Bonchev–Trinajstić information content (AvgIpc) is 1.31. The molecule has 0 saturated carbocycles. The van der Waals surface area contributed by atoms with Gasteiger partial charge in [-0.1, -0.05) is 0 Å². The molecule has 0 N–H and O–H groups in total. The van der Waals surface area contributed by atoms with Gasteiger partial charge in [-0.2, -0.15) is 5.26 Å². The van der Waals surface area contributed by atoms with Gasteiger partial charge in [0.2, 0.25) is 0 Å². The fourth-order valence-electron chi connectivity index (χ4n) is 0.207. The summed E-state index contributed by atoms with van der Waals surface area (Å²) in [6.45, 7) is 0. The summed E-state index contributed by atoms with van der Waals surface area (Å²) in [6.07, 6.45) is 3.06. The van der Waals surface area contributed by atoms with Crippen LogP contribution in [0.15, 0.2) is 16.8 Å². The maximum Gasteiger partial charge on any atom is 0.102 e. The molecular weight excluding hydrogens is 76.1 g/mol. The molecule has 2 heteroatoms. The largest absolute Gasteiger partial charge is 0.262 e. The average molecular weight is 78.1 g/mol. The van der Waals surface area contributed by atoms with E-state index in [0.29, 0.717) is 5.57 Å². The summed E-state index contributed by atoms with van der Waals surface area (Å²) in [7, 11) is 0. The van der Waals surface area contributed by atoms with Gasteiger partial charge >= 0.3 is 0 Å². The van der Waals surface area contributed by atoms with E-state index in [4.69, 9.17) is 5.26 Å². The van der Waals surface area contributed by atoms with Crippen molar-refractivity contribution in [3.63, 3.8) is 0 Å². The number of hydrogen-bond donors (Lipinski definition) is 0. The summed E-state index contributed by atoms with van der Waals surface area (Å²) in [5.41, 5.74) is 0.662. The van der Waals surface area contributed by atoms with Crippen molar-refractivity contribution in [2.24, 2.45) is 4.99 Å². The summed E-state index contributed by atoms with van der Waals surface area (Å²) in [5, 5.41) is 7.98. The van der Waals surface area contributed by atoms with Crippen LogP contribution in [0.2, 0.25) is 0 Å². The van der Waals surface area contributed by atoms with Gasteiger partial charge in [-0.3, -0.25) is 4.99 Å². The van der Waals surface area contributed by atoms with E-state index in [1.807, 2.05) is 6.07 Å². The van der Waals surface area contributed by atoms with Gasteiger partial charge in [0.25, 0.3) is 0 Å². The molecule has 0 bridgehead atoms. The SMILES string of the molecule is N#CC1=CN=C1. The molecule has 0 fully saturated rings. The highest BCUT2D eigenvalue weighted by Gasteiger charge is 1.92. The molecule has 0 spiro atoms. The lowest BCUT2D eigenvalue weighted by molar-refractivity contribution is 1.44. The van der Waals surface area contributed by atoms with Gasteiger partial charge in [-0.25, -0.2) is 0 Å². The van der Waals surface area contributed by atoms with E-state index in [9.17, 15) is 0 Å². The molecule has 0 unspecified atom stereocenters.